The first-order chi connectivity index (χ1) is 14.9. The summed E-state index contributed by atoms with van der Waals surface area (Å²) in [5.41, 5.74) is 4.12. The normalized spacial score (nSPS) is 11.1. The highest BCUT2D eigenvalue weighted by Gasteiger charge is 2.11. The Morgan fingerprint density at radius 1 is 1.06 bits per heavy atom. The maximum atomic E-state index is 12.4. The monoisotopic (exact) mass is 417 g/mol. The van der Waals surface area contributed by atoms with Crippen molar-refractivity contribution in [3.8, 4) is 5.82 Å². The highest BCUT2D eigenvalue weighted by atomic mass is 16.1. The van der Waals surface area contributed by atoms with Crippen LogP contribution in [-0.4, -0.2) is 43.3 Å². The van der Waals surface area contributed by atoms with Gasteiger partial charge in [0.15, 0.2) is 5.82 Å². The summed E-state index contributed by atoms with van der Waals surface area (Å²) in [7, 11) is 2.00. The maximum absolute atomic E-state index is 12.4. The fourth-order valence-electron chi connectivity index (χ4n) is 3.81. The van der Waals surface area contributed by atoms with Crippen molar-refractivity contribution in [2.45, 2.75) is 27.2 Å². The number of carbonyl (C=O) groups is 1. The first-order valence-corrected chi connectivity index (χ1v) is 10.3. The number of hydrogen-bond acceptors (Lipinski definition) is 5. The van der Waals surface area contributed by atoms with E-state index in [-0.39, 0.29) is 5.91 Å². The van der Waals surface area contributed by atoms with Crippen LogP contribution in [-0.2, 0) is 18.3 Å². The van der Waals surface area contributed by atoms with E-state index in [9.17, 15) is 4.79 Å². The minimum atomic E-state index is 0.000325. The lowest BCUT2D eigenvalue weighted by molar-refractivity contribution is -0.120. The summed E-state index contributed by atoms with van der Waals surface area (Å²) in [5.74, 6) is 2.09. The number of rotatable bonds is 7. The third-order valence-corrected chi connectivity index (χ3v) is 5.13. The quantitative estimate of drug-likeness (QED) is 0.451. The molecule has 0 bridgehead atoms. The first-order valence-electron chi connectivity index (χ1n) is 10.3. The van der Waals surface area contributed by atoms with E-state index in [0.717, 1.165) is 33.7 Å². The van der Waals surface area contributed by atoms with E-state index in [4.69, 9.17) is 0 Å². The second-order valence-corrected chi connectivity index (χ2v) is 7.73. The van der Waals surface area contributed by atoms with Crippen LogP contribution in [0.2, 0.25) is 0 Å². The molecule has 0 saturated carbocycles. The summed E-state index contributed by atoms with van der Waals surface area (Å²) in [6.45, 7) is 6.87. The van der Waals surface area contributed by atoms with Crippen molar-refractivity contribution in [2.24, 2.45) is 7.05 Å². The zero-order valence-electron chi connectivity index (χ0n) is 18.3. The summed E-state index contributed by atoms with van der Waals surface area (Å²) in [6, 6.07) is 12.0. The SMILES string of the molecule is Cc1cc(C)n(-c2cc(NCCNC(=O)Cc3cn(C)c4ccccc34)nc(C)n2)n1. The molecule has 1 aromatic carbocycles. The summed E-state index contributed by atoms with van der Waals surface area (Å²) in [4.78, 5) is 21.3. The van der Waals surface area contributed by atoms with Crippen molar-refractivity contribution in [3.63, 3.8) is 0 Å². The van der Waals surface area contributed by atoms with Crippen LogP contribution in [0, 0.1) is 20.8 Å². The minimum Gasteiger partial charge on any atom is -0.368 e. The molecule has 8 nitrogen and oxygen atoms in total. The second-order valence-electron chi connectivity index (χ2n) is 7.73. The zero-order chi connectivity index (χ0) is 22.0. The number of aromatic nitrogens is 5. The third kappa shape index (κ3) is 4.58. The lowest BCUT2D eigenvalue weighted by Crippen LogP contribution is -2.30. The molecule has 0 fully saturated rings. The smallest absolute Gasteiger partial charge is 0.224 e. The van der Waals surface area contributed by atoms with Crippen LogP contribution < -0.4 is 10.6 Å². The molecule has 4 aromatic rings. The Labute approximate surface area is 181 Å². The molecular weight excluding hydrogens is 390 g/mol. The number of carbonyl (C=O) groups excluding carboxylic acids is 1. The van der Waals surface area contributed by atoms with E-state index in [1.807, 2.05) is 58.3 Å². The van der Waals surface area contributed by atoms with Crippen molar-refractivity contribution in [2.75, 3.05) is 18.4 Å². The molecule has 0 aliphatic rings. The van der Waals surface area contributed by atoms with Crippen LogP contribution >= 0.6 is 0 Å². The third-order valence-electron chi connectivity index (χ3n) is 5.13. The van der Waals surface area contributed by atoms with Crippen LogP contribution in [0.15, 0.2) is 42.6 Å². The minimum absolute atomic E-state index is 0.000325. The number of nitrogens with one attached hydrogen (secondary N) is 2. The lowest BCUT2D eigenvalue weighted by Gasteiger charge is -2.10. The number of hydrogen-bond donors (Lipinski definition) is 2. The van der Waals surface area contributed by atoms with Gasteiger partial charge in [0.25, 0.3) is 0 Å². The molecule has 3 heterocycles. The predicted octanol–water partition coefficient (Wildman–Crippen LogP) is 2.85. The van der Waals surface area contributed by atoms with Gasteiger partial charge >= 0.3 is 0 Å². The van der Waals surface area contributed by atoms with E-state index in [2.05, 4.69) is 42.4 Å². The Bertz CT molecular complexity index is 1240. The first kappa shape index (κ1) is 20.6. The number of nitrogens with zero attached hydrogens (tertiary/aromatic N) is 5. The maximum Gasteiger partial charge on any atom is 0.224 e. The van der Waals surface area contributed by atoms with Crippen LogP contribution in [0.25, 0.3) is 16.7 Å². The molecule has 3 aromatic heterocycles. The Balaban J connectivity index is 1.33. The van der Waals surface area contributed by atoms with Crippen LogP contribution in [0.3, 0.4) is 0 Å². The van der Waals surface area contributed by atoms with Gasteiger partial charge in [0.05, 0.1) is 12.1 Å². The second kappa shape index (κ2) is 8.59. The molecule has 31 heavy (non-hydrogen) atoms. The molecule has 0 aliphatic carbocycles. The van der Waals surface area contributed by atoms with Crippen molar-refractivity contribution >= 4 is 22.6 Å². The molecule has 0 aliphatic heterocycles. The molecule has 0 radical (unpaired) electrons. The molecule has 0 atom stereocenters. The Hall–Kier alpha value is -3.68. The molecule has 0 spiro atoms. The molecule has 0 saturated heterocycles. The summed E-state index contributed by atoms with van der Waals surface area (Å²) >= 11 is 0. The van der Waals surface area contributed by atoms with Gasteiger partial charge in [0.2, 0.25) is 5.91 Å². The summed E-state index contributed by atoms with van der Waals surface area (Å²) in [6.07, 6.45) is 2.38. The number of anilines is 1. The molecule has 0 unspecified atom stereocenters. The molecular formula is C23H27N7O. The van der Waals surface area contributed by atoms with E-state index < -0.39 is 0 Å². The van der Waals surface area contributed by atoms with Crippen LogP contribution in [0.4, 0.5) is 5.82 Å². The Morgan fingerprint density at radius 2 is 1.87 bits per heavy atom. The zero-order valence-corrected chi connectivity index (χ0v) is 18.3. The highest BCUT2D eigenvalue weighted by Crippen LogP contribution is 2.20. The number of benzene rings is 1. The summed E-state index contributed by atoms with van der Waals surface area (Å²) in [5, 5.41) is 11.8. The van der Waals surface area contributed by atoms with Crippen LogP contribution in [0.5, 0.6) is 0 Å². The van der Waals surface area contributed by atoms with Gasteiger partial charge in [-0.05, 0) is 38.5 Å². The van der Waals surface area contributed by atoms with Crippen molar-refractivity contribution < 1.29 is 4.79 Å². The average Bonchev–Trinajstić information content (AvgIpc) is 3.23. The number of fused-ring (bicyclic) bond motifs is 1. The Morgan fingerprint density at radius 3 is 2.65 bits per heavy atom. The molecule has 4 rings (SSSR count). The number of aryl methyl sites for hydroxylation is 4. The molecule has 8 heteroatoms. The van der Waals surface area contributed by atoms with Gasteiger partial charge in [-0.15, -0.1) is 0 Å². The average molecular weight is 418 g/mol. The molecule has 1 amide bonds. The topological polar surface area (TPSA) is 89.7 Å². The fraction of sp³-hybridized carbons (Fsp3) is 0.304. The lowest BCUT2D eigenvalue weighted by atomic mass is 10.1. The summed E-state index contributed by atoms with van der Waals surface area (Å²) < 4.78 is 3.86. The van der Waals surface area contributed by atoms with Gasteiger partial charge in [-0.3, -0.25) is 4.79 Å². The van der Waals surface area contributed by atoms with Gasteiger partial charge in [0, 0.05) is 49.0 Å². The van der Waals surface area contributed by atoms with Crippen molar-refractivity contribution in [1.29, 1.82) is 0 Å². The van der Waals surface area contributed by atoms with Gasteiger partial charge in [0.1, 0.15) is 11.6 Å². The standard InChI is InChI=1S/C23H27N7O/c1-15-11-16(2)30(28-15)22-13-21(26-17(3)27-22)24-9-10-25-23(31)12-18-14-29(4)20-8-6-5-7-19(18)20/h5-8,11,13-14H,9-10,12H2,1-4H3,(H,25,31)(H,24,26,27). The number of para-hydroxylation sites is 1. The molecule has 2 N–H and O–H groups in total. The van der Waals surface area contributed by atoms with Gasteiger partial charge in [-0.1, -0.05) is 18.2 Å². The van der Waals surface area contributed by atoms with Gasteiger partial charge < -0.3 is 15.2 Å². The number of amides is 1. The predicted molar refractivity (Wildman–Crippen MR) is 121 cm³/mol. The fourth-order valence-corrected chi connectivity index (χ4v) is 3.81. The van der Waals surface area contributed by atoms with Crippen molar-refractivity contribution in [3.05, 3.63) is 65.4 Å². The van der Waals surface area contributed by atoms with E-state index in [1.54, 1.807) is 4.68 Å². The van der Waals surface area contributed by atoms with Gasteiger partial charge in [-0.25, -0.2) is 14.6 Å². The highest BCUT2D eigenvalue weighted by molar-refractivity contribution is 5.89. The largest absolute Gasteiger partial charge is 0.368 e. The van der Waals surface area contributed by atoms with E-state index in [1.165, 1.54) is 0 Å². The van der Waals surface area contributed by atoms with Gasteiger partial charge in [-0.2, -0.15) is 5.10 Å². The Kier molecular flexibility index (Phi) is 5.70. The molecule has 160 valence electrons. The van der Waals surface area contributed by atoms with E-state index in [0.29, 0.717) is 31.2 Å². The van der Waals surface area contributed by atoms with Crippen molar-refractivity contribution in [1.82, 2.24) is 29.6 Å². The van der Waals surface area contributed by atoms with Crippen LogP contribution in [0.1, 0.15) is 22.8 Å². The van der Waals surface area contributed by atoms with E-state index >= 15 is 0 Å².